The quantitative estimate of drug-likeness (QED) is 0.889. The first-order valence-corrected chi connectivity index (χ1v) is 7.38. The molecule has 0 saturated heterocycles. The van der Waals surface area contributed by atoms with Crippen LogP contribution in [0.1, 0.15) is 16.7 Å². The molecular weight excluding hydrogens is 276 g/mol. The largest absolute Gasteiger partial charge is 0.395 e. The van der Waals surface area contributed by atoms with Crippen LogP contribution in [0, 0.1) is 13.8 Å². The van der Waals surface area contributed by atoms with Gasteiger partial charge in [-0.25, -0.2) is 4.79 Å². The summed E-state index contributed by atoms with van der Waals surface area (Å²) in [5.41, 5.74) is 4.12. The number of nitrogens with zero attached hydrogens (tertiary/aromatic N) is 1. The molecule has 2 amide bonds. The molecule has 0 aliphatic heterocycles. The number of nitrogens with one attached hydrogen (secondary N) is 1. The molecule has 0 atom stereocenters. The number of hydrogen-bond donors (Lipinski definition) is 2. The zero-order valence-corrected chi connectivity index (χ0v) is 13.0. The highest BCUT2D eigenvalue weighted by molar-refractivity contribution is 5.89. The number of carbonyl (C=O) groups excluding carboxylic acids is 1. The third-order valence-electron chi connectivity index (χ3n) is 3.63. The van der Waals surface area contributed by atoms with Crippen LogP contribution >= 0.6 is 0 Å². The number of aryl methyl sites for hydroxylation is 2. The van der Waals surface area contributed by atoms with Gasteiger partial charge in [-0.15, -0.1) is 0 Å². The molecule has 0 aliphatic carbocycles. The van der Waals surface area contributed by atoms with Crippen LogP contribution in [0.15, 0.2) is 48.5 Å². The highest BCUT2D eigenvalue weighted by atomic mass is 16.3. The predicted octanol–water partition coefficient (Wildman–Crippen LogP) is 3.33. The van der Waals surface area contributed by atoms with Crippen molar-refractivity contribution in [1.82, 2.24) is 4.90 Å². The van der Waals surface area contributed by atoms with E-state index in [0.29, 0.717) is 13.1 Å². The molecule has 22 heavy (non-hydrogen) atoms. The fourth-order valence-corrected chi connectivity index (χ4v) is 2.20. The number of amides is 2. The summed E-state index contributed by atoms with van der Waals surface area (Å²) in [4.78, 5) is 14.0. The topological polar surface area (TPSA) is 52.6 Å². The highest BCUT2D eigenvalue weighted by Gasteiger charge is 2.13. The minimum atomic E-state index is -0.207. The molecule has 2 N–H and O–H groups in total. The van der Waals surface area contributed by atoms with Gasteiger partial charge in [-0.1, -0.05) is 36.4 Å². The third-order valence-corrected chi connectivity index (χ3v) is 3.63. The zero-order chi connectivity index (χ0) is 15.9. The summed E-state index contributed by atoms with van der Waals surface area (Å²) >= 11 is 0. The highest BCUT2D eigenvalue weighted by Crippen LogP contribution is 2.15. The van der Waals surface area contributed by atoms with Gasteiger partial charge < -0.3 is 15.3 Å². The second kappa shape index (κ2) is 7.61. The van der Waals surface area contributed by atoms with E-state index in [4.69, 9.17) is 0 Å². The molecule has 0 fully saturated rings. The van der Waals surface area contributed by atoms with Gasteiger partial charge in [-0.3, -0.25) is 0 Å². The van der Waals surface area contributed by atoms with Crippen molar-refractivity contribution in [1.29, 1.82) is 0 Å². The molecular formula is C18H22N2O2. The van der Waals surface area contributed by atoms with E-state index in [-0.39, 0.29) is 12.6 Å². The van der Waals surface area contributed by atoms with Crippen LogP contribution in [-0.4, -0.2) is 29.2 Å². The third kappa shape index (κ3) is 4.33. The standard InChI is InChI=1S/C18H22N2O2/c1-14-8-9-17(12-15(14)2)19-18(22)20(10-11-21)13-16-6-4-3-5-7-16/h3-9,12,21H,10-11,13H2,1-2H3,(H,19,22). The van der Waals surface area contributed by atoms with Crippen LogP contribution in [0.4, 0.5) is 10.5 Å². The van der Waals surface area contributed by atoms with Crippen LogP contribution < -0.4 is 5.32 Å². The van der Waals surface area contributed by atoms with Gasteiger partial charge >= 0.3 is 6.03 Å². The monoisotopic (exact) mass is 298 g/mol. The maximum absolute atomic E-state index is 12.4. The molecule has 2 aromatic carbocycles. The maximum atomic E-state index is 12.4. The van der Waals surface area contributed by atoms with Gasteiger partial charge in [0.1, 0.15) is 0 Å². The number of hydrogen-bond acceptors (Lipinski definition) is 2. The Kier molecular flexibility index (Phi) is 5.55. The summed E-state index contributed by atoms with van der Waals surface area (Å²) in [5, 5.41) is 12.1. The van der Waals surface area contributed by atoms with Crippen LogP contribution in [0.25, 0.3) is 0 Å². The van der Waals surface area contributed by atoms with Gasteiger partial charge in [0.2, 0.25) is 0 Å². The summed E-state index contributed by atoms with van der Waals surface area (Å²) in [6.45, 7) is 4.76. The van der Waals surface area contributed by atoms with E-state index in [9.17, 15) is 9.90 Å². The van der Waals surface area contributed by atoms with Crippen molar-refractivity contribution in [2.45, 2.75) is 20.4 Å². The number of aliphatic hydroxyl groups excluding tert-OH is 1. The van der Waals surface area contributed by atoms with Gasteiger partial charge in [-0.2, -0.15) is 0 Å². The van der Waals surface area contributed by atoms with Gasteiger partial charge in [0.15, 0.2) is 0 Å². The zero-order valence-electron chi connectivity index (χ0n) is 13.0. The molecule has 0 aliphatic rings. The van der Waals surface area contributed by atoms with Gasteiger partial charge in [0.25, 0.3) is 0 Å². The summed E-state index contributed by atoms with van der Waals surface area (Å²) in [5.74, 6) is 0. The smallest absolute Gasteiger partial charge is 0.322 e. The van der Waals surface area contributed by atoms with Crippen molar-refractivity contribution in [2.75, 3.05) is 18.5 Å². The molecule has 0 unspecified atom stereocenters. The lowest BCUT2D eigenvalue weighted by Crippen LogP contribution is -2.36. The molecule has 0 saturated carbocycles. The lowest BCUT2D eigenvalue weighted by Gasteiger charge is -2.22. The fraction of sp³-hybridized carbons (Fsp3) is 0.278. The average molecular weight is 298 g/mol. The van der Waals surface area contributed by atoms with Crippen molar-refractivity contribution in [2.24, 2.45) is 0 Å². The molecule has 4 nitrogen and oxygen atoms in total. The van der Waals surface area contributed by atoms with Crippen molar-refractivity contribution in [3.05, 3.63) is 65.2 Å². The Labute approximate surface area is 131 Å². The van der Waals surface area contributed by atoms with Crippen molar-refractivity contribution >= 4 is 11.7 Å². The first kappa shape index (κ1) is 16.0. The van der Waals surface area contributed by atoms with Gasteiger partial charge in [0.05, 0.1) is 6.61 Å². The van der Waals surface area contributed by atoms with Crippen LogP contribution in [0.2, 0.25) is 0 Å². The molecule has 0 aromatic heterocycles. The van der Waals surface area contributed by atoms with Crippen LogP contribution in [0.3, 0.4) is 0 Å². The molecule has 0 heterocycles. The Hall–Kier alpha value is -2.33. The van der Waals surface area contributed by atoms with E-state index < -0.39 is 0 Å². The van der Waals surface area contributed by atoms with Gasteiger partial charge in [0, 0.05) is 18.8 Å². The Balaban J connectivity index is 2.07. The molecule has 4 heteroatoms. The Morgan fingerprint density at radius 1 is 1.09 bits per heavy atom. The molecule has 116 valence electrons. The lowest BCUT2D eigenvalue weighted by molar-refractivity contribution is 0.185. The first-order chi connectivity index (χ1) is 10.6. The number of aliphatic hydroxyl groups is 1. The van der Waals surface area contributed by atoms with Crippen molar-refractivity contribution in [3.63, 3.8) is 0 Å². The van der Waals surface area contributed by atoms with Crippen LogP contribution in [-0.2, 0) is 6.54 Å². The molecule has 0 radical (unpaired) electrons. The number of rotatable bonds is 5. The van der Waals surface area contributed by atoms with Crippen LogP contribution in [0.5, 0.6) is 0 Å². The van der Waals surface area contributed by atoms with Crippen molar-refractivity contribution in [3.8, 4) is 0 Å². The minimum Gasteiger partial charge on any atom is -0.395 e. The molecule has 2 rings (SSSR count). The molecule has 0 spiro atoms. The van der Waals surface area contributed by atoms with E-state index in [1.807, 2.05) is 62.4 Å². The fourth-order valence-electron chi connectivity index (χ4n) is 2.20. The number of benzene rings is 2. The number of anilines is 1. The van der Waals surface area contributed by atoms with E-state index in [2.05, 4.69) is 5.32 Å². The summed E-state index contributed by atoms with van der Waals surface area (Å²) in [6, 6.07) is 15.4. The molecule has 2 aromatic rings. The van der Waals surface area contributed by atoms with E-state index in [0.717, 1.165) is 16.8 Å². The number of urea groups is 1. The van der Waals surface area contributed by atoms with Crippen molar-refractivity contribution < 1.29 is 9.90 Å². The lowest BCUT2D eigenvalue weighted by atomic mass is 10.1. The second-order valence-electron chi connectivity index (χ2n) is 5.36. The normalized spacial score (nSPS) is 10.3. The average Bonchev–Trinajstić information content (AvgIpc) is 2.51. The molecule has 0 bridgehead atoms. The minimum absolute atomic E-state index is 0.0623. The van der Waals surface area contributed by atoms with E-state index in [1.165, 1.54) is 5.56 Å². The van der Waals surface area contributed by atoms with E-state index >= 15 is 0 Å². The van der Waals surface area contributed by atoms with Gasteiger partial charge in [-0.05, 0) is 42.7 Å². The Morgan fingerprint density at radius 2 is 1.82 bits per heavy atom. The first-order valence-electron chi connectivity index (χ1n) is 7.38. The van der Waals surface area contributed by atoms with E-state index in [1.54, 1.807) is 4.90 Å². The maximum Gasteiger partial charge on any atom is 0.322 e. The predicted molar refractivity (Wildman–Crippen MR) is 88.9 cm³/mol. The summed E-state index contributed by atoms with van der Waals surface area (Å²) in [7, 11) is 0. The Bertz CT molecular complexity index is 626. The Morgan fingerprint density at radius 3 is 2.45 bits per heavy atom. The number of carbonyl (C=O) groups is 1. The summed E-state index contributed by atoms with van der Waals surface area (Å²) in [6.07, 6.45) is 0. The second-order valence-corrected chi connectivity index (χ2v) is 5.36. The summed E-state index contributed by atoms with van der Waals surface area (Å²) < 4.78 is 0. The SMILES string of the molecule is Cc1ccc(NC(=O)N(CCO)Cc2ccccc2)cc1C.